The Kier molecular flexibility index (Phi) is 8.00. The molecule has 0 amide bonds. The fraction of sp³-hybridized carbons (Fsp3) is 0.360. The Morgan fingerprint density at radius 2 is 1.67 bits per heavy atom. The van der Waals surface area contributed by atoms with Gasteiger partial charge in [0.25, 0.3) is 0 Å². The smallest absolute Gasteiger partial charge is 0.337 e. The highest BCUT2D eigenvalue weighted by Crippen LogP contribution is 2.33. The lowest BCUT2D eigenvalue weighted by Crippen LogP contribution is -2.35. The second kappa shape index (κ2) is 10.7. The van der Waals surface area contributed by atoms with Crippen molar-refractivity contribution in [3.8, 4) is 28.4 Å². The van der Waals surface area contributed by atoms with Crippen molar-refractivity contribution < 1.29 is 23.7 Å². The monoisotopic (exact) mass is 472 g/mol. The van der Waals surface area contributed by atoms with Gasteiger partial charge in [0.2, 0.25) is 0 Å². The highest BCUT2D eigenvalue weighted by atomic mass is 35.5. The first-order valence-corrected chi connectivity index (χ1v) is 11.1. The third kappa shape index (κ3) is 5.86. The zero-order valence-electron chi connectivity index (χ0n) is 19.6. The van der Waals surface area contributed by atoms with Crippen LogP contribution in [0.1, 0.15) is 33.4 Å². The van der Waals surface area contributed by atoms with E-state index in [1.54, 1.807) is 24.6 Å². The summed E-state index contributed by atoms with van der Waals surface area (Å²) in [4.78, 5) is 12.0. The van der Waals surface area contributed by atoms with Crippen molar-refractivity contribution in [3.05, 3.63) is 59.2 Å². The predicted octanol–water partition coefficient (Wildman–Crippen LogP) is 5.46. The average Bonchev–Trinajstić information content (AvgIpc) is 3.22. The van der Waals surface area contributed by atoms with Crippen LogP contribution in [0, 0.1) is 0 Å². The Morgan fingerprint density at radius 1 is 1.03 bits per heavy atom. The van der Waals surface area contributed by atoms with Crippen LogP contribution in [0.25, 0.3) is 16.9 Å². The van der Waals surface area contributed by atoms with Crippen LogP contribution in [0.15, 0.2) is 48.5 Å². The maximum absolute atomic E-state index is 12.0. The van der Waals surface area contributed by atoms with E-state index in [1.165, 1.54) is 7.11 Å². The Morgan fingerprint density at radius 3 is 2.24 bits per heavy atom. The molecule has 176 valence electrons. The topological polar surface area (TPSA) is 71.8 Å². The molecule has 8 heteroatoms. The highest BCUT2D eigenvalue weighted by Gasteiger charge is 2.30. The summed E-state index contributed by atoms with van der Waals surface area (Å²) in [6.07, 6.45) is 0. The predicted molar refractivity (Wildman–Crippen MR) is 127 cm³/mol. The van der Waals surface area contributed by atoms with Gasteiger partial charge in [-0.25, -0.2) is 9.48 Å². The number of hydrogen-bond acceptors (Lipinski definition) is 6. The van der Waals surface area contributed by atoms with Crippen LogP contribution in [-0.4, -0.2) is 41.7 Å². The molecular formula is C25H29ClN2O5. The Balaban J connectivity index is 2.08. The van der Waals surface area contributed by atoms with E-state index < -0.39 is 11.6 Å². The van der Waals surface area contributed by atoms with E-state index >= 15 is 0 Å². The maximum atomic E-state index is 12.0. The van der Waals surface area contributed by atoms with Gasteiger partial charge in [0, 0.05) is 11.6 Å². The van der Waals surface area contributed by atoms with E-state index in [-0.39, 0.29) is 6.61 Å². The molecule has 0 aliphatic carbocycles. The fourth-order valence-electron chi connectivity index (χ4n) is 3.29. The maximum Gasteiger partial charge on any atom is 0.337 e. The van der Waals surface area contributed by atoms with Crippen LogP contribution in [-0.2, 0) is 20.9 Å². The van der Waals surface area contributed by atoms with Gasteiger partial charge in [-0.1, -0.05) is 23.7 Å². The second-order valence-corrected chi connectivity index (χ2v) is 8.14. The molecule has 7 nitrogen and oxygen atoms in total. The second-order valence-electron chi connectivity index (χ2n) is 7.73. The number of methoxy groups -OCH3 is 1. The summed E-state index contributed by atoms with van der Waals surface area (Å²) in [5.74, 6) is 0.920. The molecule has 33 heavy (non-hydrogen) atoms. The molecule has 0 atom stereocenters. The first-order valence-electron chi connectivity index (χ1n) is 10.8. The summed E-state index contributed by atoms with van der Waals surface area (Å²) in [5, 5.41) is 5.28. The van der Waals surface area contributed by atoms with Gasteiger partial charge >= 0.3 is 5.97 Å². The van der Waals surface area contributed by atoms with Crippen molar-refractivity contribution in [3.63, 3.8) is 0 Å². The molecular weight excluding hydrogens is 444 g/mol. The summed E-state index contributed by atoms with van der Waals surface area (Å²) >= 11 is 6.50. The standard InChI is InChI=1S/C25H29ClN2O5/c1-6-31-19-12-17(13-20(15-19)32-7-2)23-14-18(16-33-25(3,4)24(29)30-5)27-28(23)22-11-9-8-10-21(22)26/h8-15H,6-7,16H2,1-5H3. The van der Waals surface area contributed by atoms with Gasteiger partial charge in [0.05, 0.1) is 49.0 Å². The Labute approximate surface area is 199 Å². The quantitative estimate of drug-likeness (QED) is 0.365. The molecule has 0 unspecified atom stereocenters. The molecule has 2 aromatic carbocycles. The third-order valence-corrected chi connectivity index (χ3v) is 5.22. The molecule has 0 saturated carbocycles. The molecule has 0 bridgehead atoms. The molecule has 0 aliphatic heterocycles. The van der Waals surface area contributed by atoms with Crippen LogP contribution in [0.3, 0.4) is 0 Å². The zero-order chi connectivity index (χ0) is 24.0. The third-order valence-electron chi connectivity index (χ3n) is 4.90. The van der Waals surface area contributed by atoms with E-state index in [0.717, 1.165) is 11.3 Å². The number of carbonyl (C=O) groups excluding carboxylic acids is 1. The van der Waals surface area contributed by atoms with Crippen LogP contribution in [0.2, 0.25) is 5.02 Å². The molecule has 0 spiro atoms. The van der Waals surface area contributed by atoms with Gasteiger partial charge in [0.1, 0.15) is 11.5 Å². The molecule has 1 heterocycles. The Bertz CT molecular complexity index is 1090. The number of halogens is 1. The van der Waals surface area contributed by atoms with Gasteiger partial charge in [0.15, 0.2) is 5.60 Å². The summed E-state index contributed by atoms with van der Waals surface area (Å²) in [7, 11) is 1.33. The van der Waals surface area contributed by atoms with Crippen LogP contribution < -0.4 is 9.47 Å². The molecule has 3 aromatic rings. The normalized spacial score (nSPS) is 11.3. The minimum absolute atomic E-state index is 0.107. The van der Waals surface area contributed by atoms with E-state index in [1.807, 2.05) is 56.3 Å². The molecule has 0 aliphatic rings. The number of benzene rings is 2. The minimum Gasteiger partial charge on any atom is -0.494 e. The first kappa shape index (κ1) is 24.6. The first-order chi connectivity index (χ1) is 15.8. The van der Waals surface area contributed by atoms with Gasteiger partial charge < -0.3 is 18.9 Å². The molecule has 0 N–H and O–H groups in total. The van der Waals surface area contributed by atoms with Crippen LogP contribution in [0.4, 0.5) is 0 Å². The SMILES string of the molecule is CCOc1cc(OCC)cc(-c2cc(COC(C)(C)C(=O)OC)nn2-c2ccccc2Cl)c1. The summed E-state index contributed by atoms with van der Waals surface area (Å²) in [5.41, 5.74) is 1.85. The lowest BCUT2D eigenvalue weighted by molar-refractivity contribution is -0.166. The number of rotatable bonds is 10. The molecule has 3 rings (SSSR count). The van der Waals surface area contributed by atoms with Gasteiger partial charge in [-0.3, -0.25) is 0 Å². The highest BCUT2D eigenvalue weighted by molar-refractivity contribution is 6.32. The number of aromatic nitrogens is 2. The largest absolute Gasteiger partial charge is 0.494 e. The molecule has 0 radical (unpaired) electrons. The van der Waals surface area contributed by atoms with E-state index in [9.17, 15) is 4.79 Å². The lowest BCUT2D eigenvalue weighted by atomic mass is 10.1. The van der Waals surface area contributed by atoms with E-state index in [0.29, 0.717) is 41.1 Å². The number of carbonyl (C=O) groups is 1. The molecule has 0 saturated heterocycles. The van der Waals surface area contributed by atoms with Gasteiger partial charge in [-0.05, 0) is 58.0 Å². The van der Waals surface area contributed by atoms with Crippen molar-refractivity contribution in [2.75, 3.05) is 20.3 Å². The van der Waals surface area contributed by atoms with Gasteiger partial charge in [-0.2, -0.15) is 5.10 Å². The summed E-state index contributed by atoms with van der Waals surface area (Å²) in [6.45, 7) is 8.34. The lowest BCUT2D eigenvalue weighted by Gasteiger charge is -2.21. The van der Waals surface area contributed by atoms with Crippen molar-refractivity contribution in [2.45, 2.75) is 39.9 Å². The van der Waals surface area contributed by atoms with E-state index in [4.69, 9.17) is 35.6 Å². The molecule has 1 aromatic heterocycles. The summed E-state index contributed by atoms with van der Waals surface area (Å²) < 4.78 is 23.9. The van der Waals surface area contributed by atoms with Crippen LogP contribution in [0.5, 0.6) is 11.5 Å². The number of ether oxygens (including phenoxy) is 4. The summed E-state index contributed by atoms with van der Waals surface area (Å²) in [6, 6.07) is 15.1. The van der Waals surface area contributed by atoms with Crippen molar-refractivity contribution in [2.24, 2.45) is 0 Å². The molecule has 0 fully saturated rings. The van der Waals surface area contributed by atoms with Crippen LogP contribution >= 0.6 is 11.6 Å². The van der Waals surface area contributed by atoms with Crippen molar-refractivity contribution in [1.29, 1.82) is 0 Å². The number of esters is 1. The zero-order valence-corrected chi connectivity index (χ0v) is 20.3. The number of hydrogen-bond donors (Lipinski definition) is 0. The van der Waals surface area contributed by atoms with Crippen molar-refractivity contribution >= 4 is 17.6 Å². The minimum atomic E-state index is -1.11. The average molecular weight is 473 g/mol. The van der Waals surface area contributed by atoms with E-state index in [2.05, 4.69) is 0 Å². The number of para-hydroxylation sites is 1. The number of nitrogens with zero attached hydrogens (tertiary/aromatic N) is 2. The Hall–Kier alpha value is -3.03. The van der Waals surface area contributed by atoms with Crippen molar-refractivity contribution in [1.82, 2.24) is 9.78 Å². The van der Waals surface area contributed by atoms with Gasteiger partial charge in [-0.15, -0.1) is 0 Å². The fourth-order valence-corrected chi connectivity index (χ4v) is 3.51.